The van der Waals surface area contributed by atoms with Gasteiger partial charge in [0, 0.05) is 0 Å². The van der Waals surface area contributed by atoms with Crippen molar-refractivity contribution in [2.75, 3.05) is 12.0 Å². The van der Waals surface area contributed by atoms with Gasteiger partial charge in [-0.05, 0) is 17.7 Å². The summed E-state index contributed by atoms with van der Waals surface area (Å²) in [6.45, 7) is 0.577. The predicted molar refractivity (Wildman–Crippen MR) is 85.3 cm³/mol. The largest absolute Gasteiger partial charge is 0.445 e. The molecular weight excluding hydrogens is 294 g/mol. The summed E-state index contributed by atoms with van der Waals surface area (Å²) >= 11 is 0. The van der Waals surface area contributed by atoms with Gasteiger partial charge < -0.3 is 10.1 Å². The van der Waals surface area contributed by atoms with Crippen LogP contribution in [0.3, 0.4) is 0 Å². The van der Waals surface area contributed by atoms with Crippen molar-refractivity contribution in [1.82, 2.24) is 10.3 Å². The average molecular weight is 311 g/mol. The number of hydrazine groups is 1. The molecule has 1 atom stereocenters. The molecule has 0 radical (unpaired) electrons. The van der Waals surface area contributed by atoms with E-state index in [9.17, 15) is 9.59 Å². The number of alkyl carbamates (subject to hydrolysis) is 1. The van der Waals surface area contributed by atoms with E-state index >= 15 is 0 Å². The number of amides is 2. The minimum atomic E-state index is -0.591. The molecule has 2 aromatic rings. The second kappa shape index (κ2) is 6.83. The molecule has 0 unspecified atom stereocenters. The van der Waals surface area contributed by atoms with Crippen molar-refractivity contribution in [3.05, 3.63) is 66.2 Å². The first-order valence-corrected chi connectivity index (χ1v) is 7.33. The Hall–Kier alpha value is -3.02. The van der Waals surface area contributed by atoms with E-state index in [4.69, 9.17) is 4.74 Å². The molecule has 0 saturated carbocycles. The maximum absolute atomic E-state index is 12.0. The Morgan fingerprint density at radius 2 is 1.74 bits per heavy atom. The van der Waals surface area contributed by atoms with Gasteiger partial charge in [-0.2, -0.15) is 0 Å². The minimum absolute atomic E-state index is 0.180. The number of β-lactam (4-membered cyclic amide) rings is 1. The van der Waals surface area contributed by atoms with Crippen LogP contribution >= 0.6 is 0 Å². The summed E-state index contributed by atoms with van der Waals surface area (Å²) in [5.74, 6) is -0.189. The van der Waals surface area contributed by atoms with E-state index in [0.717, 1.165) is 11.3 Å². The lowest BCUT2D eigenvalue weighted by Gasteiger charge is -2.38. The summed E-state index contributed by atoms with van der Waals surface area (Å²) in [7, 11) is 0. The summed E-state index contributed by atoms with van der Waals surface area (Å²) in [6.07, 6.45) is -0.591. The van der Waals surface area contributed by atoms with Crippen LogP contribution in [0.25, 0.3) is 0 Å². The molecule has 6 nitrogen and oxygen atoms in total. The highest BCUT2D eigenvalue weighted by Gasteiger charge is 2.38. The number of hydrogen-bond donors (Lipinski definition) is 2. The molecule has 1 fully saturated rings. The lowest BCUT2D eigenvalue weighted by molar-refractivity contribution is -0.141. The van der Waals surface area contributed by atoms with Crippen LogP contribution in [0.4, 0.5) is 10.5 Å². The highest BCUT2D eigenvalue weighted by Crippen LogP contribution is 2.14. The summed E-state index contributed by atoms with van der Waals surface area (Å²) in [5, 5.41) is 4.02. The Kier molecular flexibility index (Phi) is 4.42. The van der Waals surface area contributed by atoms with E-state index in [0.29, 0.717) is 6.54 Å². The van der Waals surface area contributed by atoms with Crippen LogP contribution in [0.2, 0.25) is 0 Å². The second-order valence-electron chi connectivity index (χ2n) is 5.19. The van der Waals surface area contributed by atoms with Crippen molar-refractivity contribution < 1.29 is 14.3 Å². The molecule has 2 amide bonds. The molecule has 0 bridgehead atoms. The number of anilines is 1. The fraction of sp³-hybridized carbons (Fsp3) is 0.176. The Balaban J connectivity index is 1.41. The number of carbonyl (C=O) groups excluding carboxylic acids is 2. The number of nitrogens with zero attached hydrogens (tertiary/aromatic N) is 1. The van der Waals surface area contributed by atoms with Gasteiger partial charge in [-0.1, -0.05) is 48.5 Å². The van der Waals surface area contributed by atoms with Gasteiger partial charge in [-0.15, -0.1) is 0 Å². The third-order valence-corrected chi connectivity index (χ3v) is 3.47. The minimum Gasteiger partial charge on any atom is -0.445 e. The van der Waals surface area contributed by atoms with Crippen LogP contribution < -0.4 is 10.7 Å². The molecule has 2 aromatic carbocycles. The molecule has 2 N–H and O–H groups in total. The normalized spacial score (nSPS) is 16.4. The van der Waals surface area contributed by atoms with E-state index in [1.54, 1.807) is 0 Å². The number of carbonyl (C=O) groups is 2. The Labute approximate surface area is 134 Å². The quantitative estimate of drug-likeness (QED) is 0.830. The molecule has 118 valence electrons. The zero-order valence-corrected chi connectivity index (χ0v) is 12.4. The molecule has 6 heteroatoms. The highest BCUT2D eigenvalue weighted by molar-refractivity contribution is 5.91. The standard InChI is InChI=1S/C17H17N3O3/c21-16-15(11-20(16)19-14-9-5-2-6-10-14)18-17(22)23-12-13-7-3-1-4-8-13/h1-10,15,19H,11-12H2,(H,18,22)/t15-/m0/s1. The highest BCUT2D eigenvalue weighted by atomic mass is 16.5. The Morgan fingerprint density at radius 3 is 2.39 bits per heavy atom. The van der Waals surface area contributed by atoms with Gasteiger partial charge in [0.2, 0.25) is 0 Å². The molecule has 3 rings (SSSR count). The molecule has 1 aliphatic rings. The van der Waals surface area contributed by atoms with E-state index in [1.165, 1.54) is 5.01 Å². The van der Waals surface area contributed by atoms with Crippen LogP contribution in [0.1, 0.15) is 5.56 Å². The van der Waals surface area contributed by atoms with E-state index in [2.05, 4.69) is 10.7 Å². The second-order valence-corrected chi connectivity index (χ2v) is 5.19. The number of hydrogen-bond acceptors (Lipinski definition) is 4. The summed E-state index contributed by atoms with van der Waals surface area (Å²) in [6, 6.07) is 18.2. The molecule has 23 heavy (non-hydrogen) atoms. The van der Waals surface area contributed by atoms with Gasteiger partial charge in [-0.25, -0.2) is 4.79 Å². The van der Waals surface area contributed by atoms with Gasteiger partial charge in [0.15, 0.2) is 0 Å². The van der Waals surface area contributed by atoms with Gasteiger partial charge in [0.1, 0.15) is 12.6 Å². The third kappa shape index (κ3) is 3.79. The summed E-state index contributed by atoms with van der Waals surface area (Å²) in [5.41, 5.74) is 4.70. The van der Waals surface area contributed by atoms with Gasteiger partial charge in [-0.3, -0.25) is 15.2 Å². The van der Waals surface area contributed by atoms with E-state index in [-0.39, 0.29) is 12.5 Å². The molecule has 1 heterocycles. The zero-order chi connectivity index (χ0) is 16.1. The number of para-hydroxylation sites is 1. The first kappa shape index (κ1) is 14.9. The number of nitrogens with one attached hydrogen (secondary N) is 2. The van der Waals surface area contributed by atoms with Crippen molar-refractivity contribution in [1.29, 1.82) is 0 Å². The van der Waals surface area contributed by atoms with Crippen molar-refractivity contribution in [3.8, 4) is 0 Å². The fourth-order valence-corrected chi connectivity index (χ4v) is 2.21. The molecule has 0 aliphatic carbocycles. The smallest absolute Gasteiger partial charge is 0.408 e. The first-order chi connectivity index (χ1) is 11.2. The van der Waals surface area contributed by atoms with Crippen molar-refractivity contribution in [2.24, 2.45) is 0 Å². The maximum Gasteiger partial charge on any atom is 0.408 e. The fourth-order valence-electron chi connectivity index (χ4n) is 2.21. The first-order valence-electron chi connectivity index (χ1n) is 7.33. The predicted octanol–water partition coefficient (Wildman–Crippen LogP) is 2.15. The van der Waals surface area contributed by atoms with Crippen LogP contribution in [-0.4, -0.2) is 29.6 Å². The lowest BCUT2D eigenvalue weighted by atomic mass is 10.1. The lowest BCUT2D eigenvalue weighted by Crippen LogP contribution is -2.65. The van der Waals surface area contributed by atoms with E-state index in [1.807, 2.05) is 60.7 Å². The Morgan fingerprint density at radius 1 is 1.09 bits per heavy atom. The van der Waals surface area contributed by atoms with Gasteiger partial charge >= 0.3 is 6.09 Å². The molecule has 0 aromatic heterocycles. The van der Waals surface area contributed by atoms with Crippen molar-refractivity contribution in [3.63, 3.8) is 0 Å². The summed E-state index contributed by atoms with van der Waals surface area (Å²) < 4.78 is 5.10. The average Bonchev–Trinajstić information content (AvgIpc) is 2.60. The molecule has 1 aliphatic heterocycles. The SMILES string of the molecule is O=C(N[C@H]1CN(Nc2ccccc2)C1=O)OCc1ccccc1. The molecular formula is C17H17N3O3. The van der Waals surface area contributed by atoms with Crippen molar-refractivity contribution >= 4 is 17.7 Å². The Bertz CT molecular complexity index is 676. The number of rotatable bonds is 5. The van der Waals surface area contributed by atoms with Gasteiger partial charge in [0.05, 0.1) is 12.2 Å². The number of ether oxygens (including phenoxy) is 1. The summed E-state index contributed by atoms with van der Waals surface area (Å²) in [4.78, 5) is 23.7. The van der Waals surface area contributed by atoms with Crippen LogP contribution in [0.5, 0.6) is 0 Å². The van der Waals surface area contributed by atoms with Crippen LogP contribution in [0.15, 0.2) is 60.7 Å². The van der Waals surface area contributed by atoms with Crippen molar-refractivity contribution in [2.45, 2.75) is 12.6 Å². The monoisotopic (exact) mass is 311 g/mol. The zero-order valence-electron chi connectivity index (χ0n) is 12.4. The maximum atomic E-state index is 12.0. The van der Waals surface area contributed by atoms with Crippen LogP contribution in [0, 0.1) is 0 Å². The van der Waals surface area contributed by atoms with Crippen LogP contribution in [-0.2, 0) is 16.1 Å². The van der Waals surface area contributed by atoms with Gasteiger partial charge in [0.25, 0.3) is 5.91 Å². The molecule has 0 spiro atoms. The number of benzene rings is 2. The topological polar surface area (TPSA) is 70.7 Å². The van der Waals surface area contributed by atoms with E-state index < -0.39 is 12.1 Å². The third-order valence-electron chi connectivity index (χ3n) is 3.47. The molecule has 1 saturated heterocycles.